The number of hydrogen-bond acceptors (Lipinski definition) is 5. The van der Waals surface area contributed by atoms with Crippen LogP contribution >= 0.6 is 11.3 Å². The zero-order valence-electron chi connectivity index (χ0n) is 16.8. The number of benzene rings is 1. The van der Waals surface area contributed by atoms with Gasteiger partial charge in [0.25, 0.3) is 5.91 Å². The second-order valence-electron chi connectivity index (χ2n) is 6.58. The maximum atomic E-state index is 13.6. The van der Waals surface area contributed by atoms with Crippen LogP contribution in [0.3, 0.4) is 0 Å². The van der Waals surface area contributed by atoms with Crippen LogP contribution in [0.25, 0.3) is 10.2 Å². The van der Waals surface area contributed by atoms with E-state index in [-0.39, 0.29) is 11.7 Å². The minimum absolute atomic E-state index is 0.130. The minimum atomic E-state index is -0.302. The number of likely N-dealkylation sites (N-methyl/N-ethyl adjacent to an activating group) is 1. The number of carbonyl (C=O) groups is 1. The van der Waals surface area contributed by atoms with E-state index >= 15 is 0 Å². The van der Waals surface area contributed by atoms with Crippen LogP contribution in [0.2, 0.25) is 0 Å². The van der Waals surface area contributed by atoms with Gasteiger partial charge in [0.15, 0.2) is 5.13 Å². The molecule has 28 heavy (non-hydrogen) atoms. The first-order chi connectivity index (χ1) is 13.5. The standard InChI is InChI=1S/C20H26FN5OS/c1-5-24(6-2)10-11-25(19(27)17-12-14(4)23-26(17)7-3)20-22-16-9-8-15(21)13-18(16)28-20/h8-9,12-13H,5-7,10-11H2,1-4H3. The summed E-state index contributed by atoms with van der Waals surface area (Å²) >= 11 is 1.34. The highest BCUT2D eigenvalue weighted by molar-refractivity contribution is 7.22. The van der Waals surface area contributed by atoms with Crippen molar-refractivity contribution in [2.24, 2.45) is 0 Å². The topological polar surface area (TPSA) is 54.3 Å². The van der Waals surface area contributed by atoms with Gasteiger partial charge in [-0.2, -0.15) is 5.10 Å². The Morgan fingerprint density at radius 1 is 1.18 bits per heavy atom. The number of thiazole rings is 1. The van der Waals surface area contributed by atoms with Crippen LogP contribution in [0, 0.1) is 12.7 Å². The molecule has 0 unspecified atom stereocenters. The fourth-order valence-electron chi connectivity index (χ4n) is 3.16. The number of amides is 1. The Balaban J connectivity index is 1.98. The first-order valence-corrected chi connectivity index (χ1v) is 10.4. The van der Waals surface area contributed by atoms with Crippen molar-refractivity contribution in [1.29, 1.82) is 0 Å². The molecule has 2 heterocycles. The van der Waals surface area contributed by atoms with Gasteiger partial charge in [-0.25, -0.2) is 9.37 Å². The van der Waals surface area contributed by atoms with E-state index in [1.54, 1.807) is 15.6 Å². The Hall–Kier alpha value is -2.32. The van der Waals surface area contributed by atoms with Crippen molar-refractivity contribution in [3.8, 4) is 0 Å². The molecule has 0 aliphatic heterocycles. The molecule has 0 saturated heterocycles. The summed E-state index contributed by atoms with van der Waals surface area (Å²) in [5, 5.41) is 4.98. The SMILES string of the molecule is CCN(CC)CCN(C(=O)c1cc(C)nn1CC)c1nc2ccc(F)cc2s1. The maximum absolute atomic E-state index is 13.6. The highest BCUT2D eigenvalue weighted by atomic mass is 32.1. The molecule has 0 saturated carbocycles. The summed E-state index contributed by atoms with van der Waals surface area (Å²) in [5.74, 6) is -0.433. The lowest BCUT2D eigenvalue weighted by atomic mass is 10.3. The lowest BCUT2D eigenvalue weighted by Crippen LogP contribution is -2.39. The molecule has 0 radical (unpaired) electrons. The van der Waals surface area contributed by atoms with Gasteiger partial charge in [0.05, 0.1) is 15.9 Å². The second-order valence-corrected chi connectivity index (χ2v) is 7.59. The van der Waals surface area contributed by atoms with Gasteiger partial charge in [-0.3, -0.25) is 14.4 Å². The number of halogens is 1. The van der Waals surface area contributed by atoms with Gasteiger partial charge in [0.2, 0.25) is 0 Å². The minimum Gasteiger partial charge on any atom is -0.302 e. The predicted octanol–water partition coefficient (Wildman–Crippen LogP) is 3.95. The molecule has 0 aliphatic rings. The number of aryl methyl sites for hydroxylation is 2. The average molecular weight is 404 g/mol. The van der Waals surface area contributed by atoms with E-state index in [9.17, 15) is 9.18 Å². The summed E-state index contributed by atoms with van der Waals surface area (Å²) in [5.41, 5.74) is 2.05. The predicted molar refractivity (Wildman–Crippen MR) is 112 cm³/mol. The first kappa shape index (κ1) is 20.4. The summed E-state index contributed by atoms with van der Waals surface area (Å²) < 4.78 is 16.0. The largest absolute Gasteiger partial charge is 0.302 e. The van der Waals surface area contributed by atoms with Gasteiger partial charge in [-0.1, -0.05) is 25.2 Å². The molecule has 0 N–H and O–H groups in total. The van der Waals surface area contributed by atoms with Crippen molar-refractivity contribution < 1.29 is 9.18 Å². The molecule has 0 aliphatic carbocycles. The summed E-state index contributed by atoms with van der Waals surface area (Å²) in [6.07, 6.45) is 0. The van der Waals surface area contributed by atoms with Crippen molar-refractivity contribution in [1.82, 2.24) is 19.7 Å². The Bertz CT molecular complexity index is 963. The monoisotopic (exact) mass is 403 g/mol. The Morgan fingerprint density at radius 2 is 1.93 bits per heavy atom. The Kier molecular flexibility index (Phi) is 6.41. The zero-order chi connectivity index (χ0) is 20.3. The highest BCUT2D eigenvalue weighted by Gasteiger charge is 2.25. The Morgan fingerprint density at radius 3 is 2.61 bits per heavy atom. The summed E-state index contributed by atoms with van der Waals surface area (Å²) in [6, 6.07) is 6.31. The summed E-state index contributed by atoms with van der Waals surface area (Å²) in [4.78, 5) is 22.0. The van der Waals surface area contributed by atoms with Gasteiger partial charge in [-0.05, 0) is 51.2 Å². The Labute approximate surface area is 168 Å². The van der Waals surface area contributed by atoms with E-state index in [4.69, 9.17) is 0 Å². The first-order valence-electron chi connectivity index (χ1n) is 9.61. The van der Waals surface area contributed by atoms with Gasteiger partial charge in [0, 0.05) is 19.6 Å². The third kappa shape index (κ3) is 4.23. The normalized spacial score (nSPS) is 11.5. The molecule has 2 aromatic heterocycles. The molecule has 8 heteroatoms. The highest BCUT2D eigenvalue weighted by Crippen LogP contribution is 2.30. The maximum Gasteiger partial charge on any atom is 0.278 e. The van der Waals surface area contributed by atoms with Gasteiger partial charge >= 0.3 is 0 Å². The van der Waals surface area contributed by atoms with E-state index in [0.717, 1.165) is 30.0 Å². The fourth-order valence-corrected chi connectivity index (χ4v) is 4.18. The van der Waals surface area contributed by atoms with Crippen molar-refractivity contribution in [3.05, 3.63) is 41.5 Å². The quantitative estimate of drug-likeness (QED) is 0.572. The molecular formula is C20H26FN5OS. The molecule has 0 atom stereocenters. The molecule has 3 rings (SSSR count). The smallest absolute Gasteiger partial charge is 0.278 e. The van der Waals surface area contributed by atoms with E-state index in [2.05, 4.69) is 28.8 Å². The van der Waals surface area contributed by atoms with Crippen molar-refractivity contribution >= 4 is 32.6 Å². The molecule has 6 nitrogen and oxygen atoms in total. The molecule has 0 fully saturated rings. The van der Waals surface area contributed by atoms with E-state index < -0.39 is 0 Å². The van der Waals surface area contributed by atoms with Crippen molar-refractivity contribution in [2.75, 3.05) is 31.1 Å². The van der Waals surface area contributed by atoms with Crippen LogP contribution in [0.1, 0.15) is 37.0 Å². The number of carbonyl (C=O) groups excluding carboxylic acids is 1. The van der Waals surface area contributed by atoms with Crippen LogP contribution in [-0.2, 0) is 6.54 Å². The van der Waals surface area contributed by atoms with E-state index in [0.29, 0.717) is 29.4 Å². The van der Waals surface area contributed by atoms with Crippen LogP contribution in [0.5, 0.6) is 0 Å². The fraction of sp³-hybridized carbons (Fsp3) is 0.450. The number of rotatable bonds is 8. The van der Waals surface area contributed by atoms with Crippen LogP contribution < -0.4 is 4.90 Å². The second kappa shape index (κ2) is 8.79. The number of nitrogens with zero attached hydrogens (tertiary/aromatic N) is 5. The molecule has 1 aromatic carbocycles. The molecule has 0 bridgehead atoms. The third-order valence-electron chi connectivity index (χ3n) is 4.77. The zero-order valence-corrected chi connectivity index (χ0v) is 17.6. The number of fused-ring (bicyclic) bond motifs is 1. The third-order valence-corrected chi connectivity index (χ3v) is 5.81. The number of anilines is 1. The lowest BCUT2D eigenvalue weighted by molar-refractivity contribution is 0.0973. The van der Waals surface area contributed by atoms with Crippen molar-refractivity contribution in [2.45, 2.75) is 34.2 Å². The lowest BCUT2D eigenvalue weighted by Gasteiger charge is -2.24. The van der Waals surface area contributed by atoms with E-state index in [1.807, 2.05) is 19.9 Å². The molecule has 0 spiro atoms. The summed E-state index contributed by atoms with van der Waals surface area (Å²) in [7, 11) is 0. The number of aromatic nitrogens is 3. The van der Waals surface area contributed by atoms with E-state index in [1.165, 1.54) is 23.5 Å². The van der Waals surface area contributed by atoms with Gasteiger partial charge in [0.1, 0.15) is 11.5 Å². The van der Waals surface area contributed by atoms with Crippen molar-refractivity contribution in [3.63, 3.8) is 0 Å². The molecule has 1 amide bonds. The number of hydrogen-bond donors (Lipinski definition) is 0. The van der Waals surface area contributed by atoms with Gasteiger partial charge < -0.3 is 4.90 Å². The molecule has 3 aromatic rings. The molecule has 150 valence electrons. The molecular weight excluding hydrogens is 377 g/mol. The summed E-state index contributed by atoms with van der Waals surface area (Å²) in [6.45, 7) is 11.7. The van der Waals surface area contributed by atoms with Crippen LogP contribution in [0.4, 0.5) is 9.52 Å². The van der Waals surface area contributed by atoms with Crippen LogP contribution in [-0.4, -0.2) is 51.8 Å². The average Bonchev–Trinajstić information content (AvgIpc) is 3.27. The van der Waals surface area contributed by atoms with Crippen LogP contribution in [0.15, 0.2) is 24.3 Å². The van der Waals surface area contributed by atoms with Gasteiger partial charge in [-0.15, -0.1) is 0 Å².